The van der Waals surface area contributed by atoms with Gasteiger partial charge < -0.3 is 15.1 Å². The van der Waals surface area contributed by atoms with Crippen molar-refractivity contribution in [2.75, 3.05) is 32.0 Å². The molecule has 1 fully saturated rings. The molecule has 5 nitrogen and oxygen atoms in total. The van der Waals surface area contributed by atoms with Gasteiger partial charge in [-0.1, -0.05) is 11.6 Å². The highest BCUT2D eigenvalue weighted by molar-refractivity contribution is 6.30. The van der Waals surface area contributed by atoms with Crippen molar-refractivity contribution in [1.82, 2.24) is 4.90 Å². The number of hydrogen-bond acceptors (Lipinski definition) is 2. The van der Waals surface area contributed by atoms with E-state index in [0.717, 1.165) is 17.7 Å². The summed E-state index contributed by atoms with van der Waals surface area (Å²) in [7, 11) is 1.60. The normalized spacial score (nSPS) is 16.5. The summed E-state index contributed by atoms with van der Waals surface area (Å²) in [6.45, 7) is 0.185. The number of rotatable bonds is 8. The van der Waals surface area contributed by atoms with Crippen molar-refractivity contribution in [3.63, 3.8) is 0 Å². The molecule has 1 unspecified atom stereocenters. The van der Waals surface area contributed by atoms with Crippen LogP contribution in [-0.4, -0.2) is 55.6 Å². The second-order valence-corrected chi connectivity index (χ2v) is 7.52. The smallest absolute Gasteiger partial charge is 0.326 e. The molecule has 1 aliphatic carbocycles. The summed E-state index contributed by atoms with van der Waals surface area (Å²) in [5, 5.41) is 3.21. The number of quaternary nitrogens is 1. The van der Waals surface area contributed by atoms with E-state index in [1.807, 2.05) is 0 Å². The van der Waals surface area contributed by atoms with Crippen molar-refractivity contribution in [1.29, 1.82) is 0 Å². The lowest BCUT2D eigenvalue weighted by atomic mass is 10.1. The maximum Gasteiger partial charge on any atom is 0.406 e. The molecule has 1 aliphatic rings. The van der Waals surface area contributed by atoms with Gasteiger partial charge in [0.05, 0.1) is 7.05 Å². The Balaban J connectivity index is 1.89. The fourth-order valence-corrected chi connectivity index (χ4v) is 3.05. The molecule has 9 heteroatoms. The van der Waals surface area contributed by atoms with E-state index in [-0.39, 0.29) is 24.9 Å². The van der Waals surface area contributed by atoms with Gasteiger partial charge in [-0.25, -0.2) is 0 Å². The molecule has 1 saturated carbocycles. The predicted molar refractivity (Wildman–Crippen MR) is 96.7 cm³/mol. The van der Waals surface area contributed by atoms with E-state index >= 15 is 0 Å². The zero-order chi connectivity index (χ0) is 20.2. The maximum atomic E-state index is 12.9. The van der Waals surface area contributed by atoms with Crippen LogP contribution in [0.25, 0.3) is 0 Å². The standard InChI is InChI=1S/C18H23ClF3N3O2/c1-12(13-3-4-13)25(11-18(20,21)22)17(27)10-24(2)9-16(26)23-15-7-5-14(19)6-8-15/h5-8,12-13H,3-4,9-11H2,1-2H3,(H,23,26)/p+1/t12-/m1/s1. The number of alkyl halides is 3. The van der Waals surface area contributed by atoms with Gasteiger partial charge in [-0.2, -0.15) is 13.2 Å². The van der Waals surface area contributed by atoms with Crippen LogP contribution >= 0.6 is 11.6 Å². The highest BCUT2D eigenvalue weighted by Crippen LogP contribution is 2.36. The molecule has 0 bridgehead atoms. The van der Waals surface area contributed by atoms with E-state index in [1.54, 1.807) is 38.2 Å². The van der Waals surface area contributed by atoms with Crippen LogP contribution in [0.1, 0.15) is 19.8 Å². The van der Waals surface area contributed by atoms with Gasteiger partial charge in [-0.05, 0) is 49.9 Å². The van der Waals surface area contributed by atoms with Gasteiger partial charge in [-0.3, -0.25) is 9.59 Å². The van der Waals surface area contributed by atoms with Crippen LogP contribution in [0.3, 0.4) is 0 Å². The molecule has 0 heterocycles. The minimum Gasteiger partial charge on any atom is -0.326 e. The molecule has 0 radical (unpaired) electrons. The van der Waals surface area contributed by atoms with E-state index in [4.69, 9.17) is 11.6 Å². The molecule has 0 aliphatic heterocycles. The Labute approximate surface area is 161 Å². The van der Waals surface area contributed by atoms with Crippen molar-refractivity contribution in [2.45, 2.75) is 32.0 Å². The molecule has 0 saturated heterocycles. The van der Waals surface area contributed by atoms with E-state index in [0.29, 0.717) is 15.6 Å². The fourth-order valence-electron chi connectivity index (χ4n) is 2.92. The third-order valence-corrected chi connectivity index (χ3v) is 4.76. The first kappa shape index (κ1) is 21.5. The molecule has 0 spiro atoms. The summed E-state index contributed by atoms with van der Waals surface area (Å²) >= 11 is 5.78. The number of carbonyl (C=O) groups excluding carboxylic acids is 2. The summed E-state index contributed by atoms with van der Waals surface area (Å²) in [6, 6.07) is 6.10. The third kappa shape index (κ3) is 7.38. The number of nitrogens with zero attached hydrogens (tertiary/aromatic N) is 1. The maximum absolute atomic E-state index is 12.9. The first-order chi connectivity index (χ1) is 12.5. The van der Waals surface area contributed by atoms with Crippen LogP contribution in [0, 0.1) is 5.92 Å². The molecule has 150 valence electrons. The second-order valence-electron chi connectivity index (χ2n) is 7.08. The Hall–Kier alpha value is -1.80. The average Bonchev–Trinajstić information content (AvgIpc) is 3.38. The number of hydrogen-bond donors (Lipinski definition) is 2. The number of benzene rings is 1. The Bertz CT molecular complexity index is 663. The summed E-state index contributed by atoms with van der Waals surface area (Å²) < 4.78 is 38.6. The lowest BCUT2D eigenvalue weighted by Crippen LogP contribution is -3.11. The molecule has 2 amide bonds. The van der Waals surface area contributed by atoms with Gasteiger partial charge >= 0.3 is 6.18 Å². The van der Waals surface area contributed by atoms with Crippen LogP contribution in [0.15, 0.2) is 24.3 Å². The quantitative estimate of drug-likeness (QED) is 0.693. The first-order valence-corrected chi connectivity index (χ1v) is 9.16. The van der Waals surface area contributed by atoms with Gasteiger partial charge in [0.15, 0.2) is 13.1 Å². The third-order valence-electron chi connectivity index (χ3n) is 4.51. The zero-order valence-electron chi connectivity index (χ0n) is 15.3. The lowest BCUT2D eigenvalue weighted by Gasteiger charge is -2.30. The molecule has 27 heavy (non-hydrogen) atoms. The average molecular weight is 407 g/mol. The Morgan fingerprint density at radius 2 is 1.85 bits per heavy atom. The van der Waals surface area contributed by atoms with E-state index < -0.39 is 24.7 Å². The Kier molecular flexibility index (Phi) is 7.11. The van der Waals surface area contributed by atoms with Crippen LogP contribution < -0.4 is 10.2 Å². The number of anilines is 1. The van der Waals surface area contributed by atoms with Crippen LogP contribution in [-0.2, 0) is 9.59 Å². The summed E-state index contributed by atoms with van der Waals surface area (Å²) in [5.41, 5.74) is 0.560. The van der Waals surface area contributed by atoms with Crippen molar-refractivity contribution in [2.24, 2.45) is 5.92 Å². The minimum absolute atomic E-state index is 0.0357. The second kappa shape index (κ2) is 8.93. The highest BCUT2D eigenvalue weighted by atomic mass is 35.5. The number of likely N-dealkylation sites (N-methyl/N-ethyl adjacent to an activating group) is 1. The van der Waals surface area contributed by atoms with Gasteiger partial charge in [0, 0.05) is 16.8 Å². The fraction of sp³-hybridized carbons (Fsp3) is 0.556. The molecule has 2 atom stereocenters. The number of carbonyl (C=O) groups is 2. The first-order valence-electron chi connectivity index (χ1n) is 8.78. The molecule has 2 N–H and O–H groups in total. The van der Waals surface area contributed by atoms with Crippen molar-refractivity contribution in [3.05, 3.63) is 29.3 Å². The van der Waals surface area contributed by atoms with E-state index in [1.165, 1.54) is 0 Å². The highest BCUT2D eigenvalue weighted by Gasteiger charge is 2.41. The number of nitrogens with one attached hydrogen (secondary N) is 2. The lowest BCUT2D eigenvalue weighted by molar-refractivity contribution is -0.862. The number of amides is 2. The minimum atomic E-state index is -4.45. The molecule has 0 aromatic heterocycles. The molecular formula is C18H24ClF3N3O2+. The SMILES string of the molecule is C[C@H](C1CC1)N(CC(F)(F)F)C(=O)C[NH+](C)CC(=O)Nc1ccc(Cl)cc1. The van der Waals surface area contributed by atoms with E-state index in [2.05, 4.69) is 5.32 Å². The monoisotopic (exact) mass is 406 g/mol. The van der Waals surface area contributed by atoms with Crippen LogP contribution in [0.5, 0.6) is 0 Å². The van der Waals surface area contributed by atoms with Gasteiger partial charge in [0.1, 0.15) is 6.54 Å². The predicted octanol–water partition coefficient (Wildman–Crippen LogP) is 1.98. The van der Waals surface area contributed by atoms with Crippen LogP contribution in [0.4, 0.5) is 18.9 Å². The van der Waals surface area contributed by atoms with Crippen molar-refractivity contribution >= 4 is 29.1 Å². The van der Waals surface area contributed by atoms with Crippen LogP contribution in [0.2, 0.25) is 5.02 Å². The summed E-state index contributed by atoms with van der Waals surface area (Å²) in [6.07, 6.45) is -2.76. The van der Waals surface area contributed by atoms with Crippen molar-refractivity contribution < 1.29 is 27.7 Å². The molecular weight excluding hydrogens is 383 g/mol. The largest absolute Gasteiger partial charge is 0.406 e. The molecule has 2 rings (SSSR count). The van der Waals surface area contributed by atoms with Crippen molar-refractivity contribution in [3.8, 4) is 0 Å². The zero-order valence-corrected chi connectivity index (χ0v) is 16.0. The van der Waals surface area contributed by atoms with Gasteiger partial charge in [0.2, 0.25) is 0 Å². The van der Waals surface area contributed by atoms with Gasteiger partial charge in [-0.15, -0.1) is 0 Å². The van der Waals surface area contributed by atoms with E-state index in [9.17, 15) is 22.8 Å². The number of halogens is 4. The summed E-state index contributed by atoms with van der Waals surface area (Å²) in [5.74, 6) is -0.798. The Morgan fingerprint density at radius 1 is 1.26 bits per heavy atom. The Morgan fingerprint density at radius 3 is 2.37 bits per heavy atom. The molecule has 1 aromatic carbocycles. The summed E-state index contributed by atoms with van der Waals surface area (Å²) in [4.78, 5) is 25.9. The van der Waals surface area contributed by atoms with Gasteiger partial charge in [0.25, 0.3) is 11.8 Å². The molecule has 1 aromatic rings. The topological polar surface area (TPSA) is 53.9 Å².